The molecule has 0 spiro atoms. The molecule has 1 unspecified atom stereocenters. The van der Waals surface area contributed by atoms with Gasteiger partial charge in [0.05, 0.1) is 10.2 Å². The third-order valence-electron chi connectivity index (χ3n) is 3.12. The first-order valence-electron chi connectivity index (χ1n) is 6.75. The van der Waals surface area contributed by atoms with Gasteiger partial charge in [-0.25, -0.2) is 9.78 Å². The fourth-order valence-electron chi connectivity index (χ4n) is 2.04. The van der Waals surface area contributed by atoms with Crippen LogP contribution in [0.25, 0.3) is 10.2 Å². The first-order chi connectivity index (χ1) is 10.7. The second kappa shape index (κ2) is 6.44. The van der Waals surface area contributed by atoms with Crippen molar-refractivity contribution in [2.24, 2.45) is 10.2 Å². The lowest BCUT2D eigenvalue weighted by molar-refractivity contribution is -0.138. The van der Waals surface area contributed by atoms with E-state index in [0.29, 0.717) is 11.6 Å². The lowest BCUT2D eigenvalue weighted by atomic mass is 10.1. The van der Waals surface area contributed by atoms with Gasteiger partial charge in [0, 0.05) is 6.42 Å². The number of carbonyl (C=O) groups is 1. The van der Waals surface area contributed by atoms with Gasteiger partial charge in [0.1, 0.15) is 0 Å². The molecule has 0 aliphatic heterocycles. The number of aliphatic carboxylic acids is 1. The van der Waals surface area contributed by atoms with Crippen LogP contribution in [-0.4, -0.2) is 22.1 Å². The highest BCUT2D eigenvalue weighted by Crippen LogP contribution is 2.28. The van der Waals surface area contributed by atoms with Gasteiger partial charge in [-0.1, -0.05) is 53.8 Å². The average molecular weight is 311 g/mol. The molecule has 5 nitrogen and oxygen atoms in total. The SMILES string of the molecule is O=C(O)C(Cc1ccccc1)N=Nc1nc2ccccc2s1. The van der Waals surface area contributed by atoms with Crippen LogP contribution in [0.1, 0.15) is 5.56 Å². The van der Waals surface area contributed by atoms with E-state index in [4.69, 9.17) is 0 Å². The summed E-state index contributed by atoms with van der Waals surface area (Å²) in [6.07, 6.45) is 0.310. The van der Waals surface area contributed by atoms with Crippen molar-refractivity contribution in [3.05, 3.63) is 60.2 Å². The Kier molecular flexibility index (Phi) is 4.20. The molecule has 0 amide bonds. The summed E-state index contributed by atoms with van der Waals surface area (Å²) in [5.41, 5.74) is 1.76. The molecule has 0 aliphatic rings. The number of nitrogens with zero attached hydrogens (tertiary/aromatic N) is 3. The molecular weight excluding hydrogens is 298 g/mol. The molecule has 1 atom stereocenters. The van der Waals surface area contributed by atoms with Crippen LogP contribution >= 0.6 is 11.3 Å². The van der Waals surface area contributed by atoms with E-state index in [2.05, 4.69) is 15.2 Å². The summed E-state index contributed by atoms with van der Waals surface area (Å²) in [6.45, 7) is 0. The summed E-state index contributed by atoms with van der Waals surface area (Å²) in [5, 5.41) is 17.7. The van der Waals surface area contributed by atoms with Gasteiger partial charge >= 0.3 is 5.97 Å². The Balaban J connectivity index is 1.79. The average Bonchev–Trinajstić information content (AvgIpc) is 2.95. The maximum Gasteiger partial charge on any atom is 0.330 e. The highest BCUT2D eigenvalue weighted by molar-refractivity contribution is 7.21. The number of carboxylic acids is 1. The van der Waals surface area contributed by atoms with Crippen LogP contribution in [-0.2, 0) is 11.2 Å². The van der Waals surface area contributed by atoms with Crippen LogP contribution in [0.5, 0.6) is 0 Å². The molecule has 1 heterocycles. The maximum atomic E-state index is 11.3. The molecule has 0 saturated heterocycles. The topological polar surface area (TPSA) is 74.9 Å². The van der Waals surface area contributed by atoms with Crippen molar-refractivity contribution in [3.8, 4) is 0 Å². The normalized spacial score (nSPS) is 12.7. The zero-order valence-corrected chi connectivity index (χ0v) is 12.4. The summed E-state index contributed by atoms with van der Waals surface area (Å²) in [5.74, 6) is -0.992. The third-order valence-corrected chi connectivity index (χ3v) is 4.04. The molecule has 1 aromatic heterocycles. The van der Waals surface area contributed by atoms with E-state index >= 15 is 0 Å². The Morgan fingerprint density at radius 2 is 1.86 bits per heavy atom. The van der Waals surface area contributed by atoms with Crippen molar-refractivity contribution in [1.82, 2.24) is 4.98 Å². The zero-order chi connectivity index (χ0) is 15.4. The van der Waals surface area contributed by atoms with Gasteiger partial charge in [-0.3, -0.25) is 0 Å². The predicted molar refractivity (Wildman–Crippen MR) is 85.7 cm³/mol. The quantitative estimate of drug-likeness (QED) is 0.721. The second-order valence-electron chi connectivity index (χ2n) is 4.72. The smallest absolute Gasteiger partial charge is 0.330 e. The number of aromatic nitrogens is 1. The monoisotopic (exact) mass is 311 g/mol. The number of rotatable bonds is 5. The standard InChI is InChI=1S/C16H13N3O2S/c20-15(21)13(10-11-6-2-1-3-7-11)18-19-16-17-12-8-4-5-9-14(12)22-16/h1-9,13H,10H2,(H,20,21). The number of hydrogen-bond donors (Lipinski definition) is 1. The molecule has 2 aromatic carbocycles. The van der Waals surface area contributed by atoms with Crippen molar-refractivity contribution in [2.45, 2.75) is 12.5 Å². The lowest BCUT2D eigenvalue weighted by Crippen LogP contribution is -2.20. The molecule has 110 valence electrons. The molecule has 0 aliphatic carbocycles. The predicted octanol–water partition coefficient (Wildman–Crippen LogP) is 4.08. The van der Waals surface area contributed by atoms with E-state index < -0.39 is 12.0 Å². The number of hydrogen-bond acceptors (Lipinski definition) is 5. The summed E-state index contributed by atoms with van der Waals surface area (Å²) in [4.78, 5) is 15.6. The highest BCUT2D eigenvalue weighted by atomic mass is 32.1. The van der Waals surface area contributed by atoms with E-state index in [9.17, 15) is 9.90 Å². The van der Waals surface area contributed by atoms with Crippen LogP contribution in [0, 0.1) is 0 Å². The van der Waals surface area contributed by atoms with Crippen molar-refractivity contribution in [2.75, 3.05) is 0 Å². The van der Waals surface area contributed by atoms with Crippen LogP contribution in [0.15, 0.2) is 64.8 Å². The minimum Gasteiger partial charge on any atom is -0.480 e. The zero-order valence-electron chi connectivity index (χ0n) is 11.6. The van der Waals surface area contributed by atoms with Crippen molar-refractivity contribution in [1.29, 1.82) is 0 Å². The summed E-state index contributed by atoms with van der Waals surface area (Å²) in [7, 11) is 0. The van der Waals surface area contributed by atoms with Gasteiger partial charge in [0.15, 0.2) is 6.04 Å². The highest BCUT2D eigenvalue weighted by Gasteiger charge is 2.17. The summed E-state index contributed by atoms with van der Waals surface area (Å²) in [6, 6.07) is 16.2. The van der Waals surface area contributed by atoms with Gasteiger partial charge in [-0.2, -0.15) is 5.11 Å². The molecule has 0 bridgehead atoms. The Morgan fingerprint density at radius 3 is 2.59 bits per heavy atom. The fraction of sp³-hybridized carbons (Fsp3) is 0.125. The van der Waals surface area contributed by atoms with Gasteiger partial charge in [0.25, 0.3) is 0 Å². The molecule has 1 N–H and O–H groups in total. The van der Waals surface area contributed by atoms with E-state index in [0.717, 1.165) is 15.8 Å². The Morgan fingerprint density at radius 1 is 1.14 bits per heavy atom. The van der Waals surface area contributed by atoms with E-state index in [1.165, 1.54) is 11.3 Å². The molecule has 0 saturated carbocycles. The number of thiazole rings is 1. The van der Waals surface area contributed by atoms with Crippen LogP contribution < -0.4 is 0 Å². The van der Waals surface area contributed by atoms with Crippen molar-refractivity contribution < 1.29 is 9.90 Å². The molecule has 3 rings (SSSR count). The van der Waals surface area contributed by atoms with Crippen molar-refractivity contribution in [3.63, 3.8) is 0 Å². The molecule has 3 aromatic rings. The van der Waals surface area contributed by atoms with Crippen LogP contribution in [0.3, 0.4) is 0 Å². The van der Waals surface area contributed by atoms with Crippen LogP contribution in [0.2, 0.25) is 0 Å². The Bertz CT molecular complexity index is 781. The Labute approximate surface area is 131 Å². The second-order valence-corrected chi connectivity index (χ2v) is 5.73. The molecular formula is C16H13N3O2S. The van der Waals surface area contributed by atoms with Gasteiger partial charge in [0.2, 0.25) is 5.13 Å². The van der Waals surface area contributed by atoms with Crippen molar-refractivity contribution >= 4 is 32.7 Å². The largest absolute Gasteiger partial charge is 0.480 e. The van der Waals surface area contributed by atoms with E-state index in [-0.39, 0.29) is 0 Å². The maximum absolute atomic E-state index is 11.3. The third kappa shape index (κ3) is 3.35. The first-order valence-corrected chi connectivity index (χ1v) is 7.57. The molecule has 22 heavy (non-hydrogen) atoms. The minimum absolute atomic E-state index is 0.310. The first kappa shape index (κ1) is 14.3. The number of carboxylic acid groups (broad SMARTS) is 1. The fourth-order valence-corrected chi connectivity index (χ4v) is 2.83. The van der Waals surface area contributed by atoms with E-state index in [1.807, 2.05) is 54.6 Å². The molecule has 0 fully saturated rings. The molecule has 0 radical (unpaired) electrons. The Hall–Kier alpha value is -2.60. The van der Waals surface area contributed by atoms with Gasteiger partial charge in [-0.15, -0.1) is 5.11 Å². The lowest BCUT2D eigenvalue weighted by Gasteiger charge is -2.05. The molecule has 6 heteroatoms. The van der Waals surface area contributed by atoms with Crippen LogP contribution in [0.4, 0.5) is 5.13 Å². The number of azo groups is 1. The van der Waals surface area contributed by atoms with Gasteiger partial charge < -0.3 is 5.11 Å². The number of fused-ring (bicyclic) bond motifs is 1. The summed E-state index contributed by atoms with van der Waals surface area (Å²) >= 11 is 1.39. The van der Waals surface area contributed by atoms with Gasteiger partial charge in [-0.05, 0) is 17.7 Å². The minimum atomic E-state index is -0.992. The number of para-hydroxylation sites is 1. The van der Waals surface area contributed by atoms with E-state index in [1.54, 1.807) is 0 Å². The summed E-state index contributed by atoms with van der Waals surface area (Å²) < 4.78 is 1.01. The number of benzene rings is 2.